The molecule has 0 bridgehead atoms. The summed E-state index contributed by atoms with van der Waals surface area (Å²) in [5, 5.41) is 3.45. The minimum absolute atomic E-state index is 0.394. The van der Waals surface area contributed by atoms with Crippen molar-refractivity contribution in [2.75, 3.05) is 5.32 Å². The molecule has 108 valence electrons. The number of aryl methyl sites for hydroxylation is 1. The first-order valence-electron chi connectivity index (χ1n) is 7.41. The van der Waals surface area contributed by atoms with Crippen LogP contribution in [0.4, 0.5) is 5.69 Å². The standard InChI is InChI=1S/C18H21N3/c1-13(2)21-17-10-9-14(3)11-16(17)20-18(21)12-19-15-7-5-4-6-8-15/h4-11,13,19H,12H2,1-3H3. The Bertz CT molecular complexity index is 742. The Morgan fingerprint density at radius 2 is 1.86 bits per heavy atom. The molecule has 21 heavy (non-hydrogen) atoms. The third-order valence-corrected chi connectivity index (χ3v) is 3.66. The van der Waals surface area contributed by atoms with Crippen molar-refractivity contribution in [3.63, 3.8) is 0 Å². The maximum atomic E-state index is 4.81. The molecular weight excluding hydrogens is 258 g/mol. The Labute approximate surface area is 125 Å². The SMILES string of the molecule is Cc1ccc2c(c1)nc(CNc1ccccc1)n2C(C)C. The number of nitrogens with one attached hydrogen (secondary N) is 1. The number of rotatable bonds is 4. The minimum Gasteiger partial charge on any atom is -0.378 e. The molecule has 0 unspecified atom stereocenters. The number of anilines is 1. The Morgan fingerprint density at radius 1 is 1.10 bits per heavy atom. The molecular formula is C18H21N3. The van der Waals surface area contributed by atoms with E-state index >= 15 is 0 Å². The molecule has 1 aromatic heterocycles. The minimum atomic E-state index is 0.394. The van der Waals surface area contributed by atoms with E-state index in [1.165, 1.54) is 11.1 Å². The van der Waals surface area contributed by atoms with E-state index in [0.29, 0.717) is 6.04 Å². The highest BCUT2D eigenvalue weighted by Crippen LogP contribution is 2.22. The number of benzene rings is 2. The lowest BCUT2D eigenvalue weighted by atomic mass is 10.2. The van der Waals surface area contributed by atoms with Gasteiger partial charge in [0, 0.05) is 11.7 Å². The topological polar surface area (TPSA) is 29.9 Å². The lowest BCUT2D eigenvalue weighted by molar-refractivity contribution is 0.589. The summed E-state index contributed by atoms with van der Waals surface area (Å²) in [6.45, 7) is 7.24. The van der Waals surface area contributed by atoms with E-state index in [-0.39, 0.29) is 0 Å². The Hall–Kier alpha value is -2.29. The maximum absolute atomic E-state index is 4.81. The summed E-state index contributed by atoms with van der Waals surface area (Å²) in [5.74, 6) is 1.08. The number of hydrogen-bond acceptors (Lipinski definition) is 2. The molecule has 0 aliphatic heterocycles. The van der Waals surface area contributed by atoms with Gasteiger partial charge in [-0.15, -0.1) is 0 Å². The van der Waals surface area contributed by atoms with Crippen molar-refractivity contribution in [3.8, 4) is 0 Å². The van der Waals surface area contributed by atoms with Gasteiger partial charge in [-0.2, -0.15) is 0 Å². The third-order valence-electron chi connectivity index (χ3n) is 3.66. The van der Waals surface area contributed by atoms with Crippen LogP contribution >= 0.6 is 0 Å². The van der Waals surface area contributed by atoms with Gasteiger partial charge in [-0.25, -0.2) is 4.98 Å². The number of fused-ring (bicyclic) bond motifs is 1. The fraction of sp³-hybridized carbons (Fsp3) is 0.278. The second kappa shape index (κ2) is 5.60. The summed E-state index contributed by atoms with van der Waals surface area (Å²) in [6.07, 6.45) is 0. The van der Waals surface area contributed by atoms with Gasteiger partial charge < -0.3 is 9.88 Å². The Balaban J connectivity index is 1.95. The fourth-order valence-electron chi connectivity index (χ4n) is 2.70. The van der Waals surface area contributed by atoms with Crippen LogP contribution in [0.15, 0.2) is 48.5 Å². The van der Waals surface area contributed by atoms with Crippen molar-refractivity contribution in [1.82, 2.24) is 9.55 Å². The van der Waals surface area contributed by atoms with Gasteiger partial charge in [-0.3, -0.25) is 0 Å². The van der Waals surface area contributed by atoms with E-state index in [9.17, 15) is 0 Å². The summed E-state index contributed by atoms with van der Waals surface area (Å²) in [5.41, 5.74) is 4.66. The van der Waals surface area contributed by atoms with E-state index in [2.05, 4.69) is 61.0 Å². The molecule has 3 rings (SSSR count). The van der Waals surface area contributed by atoms with Gasteiger partial charge in [0.25, 0.3) is 0 Å². The second-order valence-corrected chi connectivity index (χ2v) is 5.70. The summed E-state index contributed by atoms with van der Waals surface area (Å²) in [4.78, 5) is 4.81. The van der Waals surface area contributed by atoms with E-state index in [1.54, 1.807) is 0 Å². The molecule has 0 fully saturated rings. The molecule has 0 aliphatic carbocycles. The average Bonchev–Trinajstić information content (AvgIpc) is 2.83. The maximum Gasteiger partial charge on any atom is 0.129 e. The summed E-state index contributed by atoms with van der Waals surface area (Å²) < 4.78 is 2.31. The highest BCUT2D eigenvalue weighted by atomic mass is 15.1. The second-order valence-electron chi connectivity index (χ2n) is 5.70. The van der Waals surface area contributed by atoms with Crippen molar-refractivity contribution in [3.05, 3.63) is 59.9 Å². The van der Waals surface area contributed by atoms with Gasteiger partial charge in [0.15, 0.2) is 0 Å². The molecule has 0 spiro atoms. The van der Waals surface area contributed by atoms with Crippen molar-refractivity contribution in [2.45, 2.75) is 33.4 Å². The lowest BCUT2D eigenvalue weighted by Gasteiger charge is -2.14. The monoisotopic (exact) mass is 279 g/mol. The number of para-hydroxylation sites is 1. The highest BCUT2D eigenvalue weighted by Gasteiger charge is 2.13. The van der Waals surface area contributed by atoms with Gasteiger partial charge in [0.05, 0.1) is 17.6 Å². The van der Waals surface area contributed by atoms with Crippen LogP contribution in [0.25, 0.3) is 11.0 Å². The van der Waals surface area contributed by atoms with Crippen LogP contribution in [0.3, 0.4) is 0 Å². The van der Waals surface area contributed by atoms with Crippen LogP contribution in [-0.2, 0) is 6.54 Å². The molecule has 2 aromatic carbocycles. The molecule has 0 amide bonds. The smallest absolute Gasteiger partial charge is 0.129 e. The van der Waals surface area contributed by atoms with E-state index in [1.807, 2.05) is 18.2 Å². The van der Waals surface area contributed by atoms with Gasteiger partial charge in [-0.05, 0) is 50.6 Å². The van der Waals surface area contributed by atoms with Crippen LogP contribution < -0.4 is 5.32 Å². The molecule has 1 N–H and O–H groups in total. The molecule has 0 radical (unpaired) electrons. The predicted octanol–water partition coefficient (Wildman–Crippen LogP) is 4.54. The third kappa shape index (κ3) is 2.77. The zero-order chi connectivity index (χ0) is 14.8. The molecule has 0 saturated heterocycles. The number of nitrogens with zero attached hydrogens (tertiary/aromatic N) is 2. The Morgan fingerprint density at radius 3 is 2.57 bits per heavy atom. The van der Waals surface area contributed by atoms with Crippen molar-refractivity contribution in [2.24, 2.45) is 0 Å². The van der Waals surface area contributed by atoms with Crippen LogP contribution in [-0.4, -0.2) is 9.55 Å². The quantitative estimate of drug-likeness (QED) is 0.760. The average molecular weight is 279 g/mol. The normalized spacial score (nSPS) is 11.2. The fourth-order valence-corrected chi connectivity index (χ4v) is 2.70. The van der Waals surface area contributed by atoms with Crippen molar-refractivity contribution >= 4 is 16.7 Å². The van der Waals surface area contributed by atoms with Crippen molar-refractivity contribution in [1.29, 1.82) is 0 Å². The zero-order valence-electron chi connectivity index (χ0n) is 12.8. The Kier molecular flexibility index (Phi) is 3.65. The predicted molar refractivity (Wildman–Crippen MR) is 88.6 cm³/mol. The van der Waals surface area contributed by atoms with Crippen LogP contribution in [0.2, 0.25) is 0 Å². The van der Waals surface area contributed by atoms with Crippen LogP contribution in [0.1, 0.15) is 31.3 Å². The van der Waals surface area contributed by atoms with Gasteiger partial charge in [0.2, 0.25) is 0 Å². The highest BCUT2D eigenvalue weighted by molar-refractivity contribution is 5.77. The first-order chi connectivity index (χ1) is 10.1. The van der Waals surface area contributed by atoms with Crippen LogP contribution in [0.5, 0.6) is 0 Å². The number of imidazole rings is 1. The molecule has 0 aliphatic rings. The first kappa shape index (κ1) is 13.7. The van der Waals surface area contributed by atoms with E-state index in [4.69, 9.17) is 4.98 Å². The summed E-state index contributed by atoms with van der Waals surface area (Å²) >= 11 is 0. The van der Waals surface area contributed by atoms with Gasteiger partial charge >= 0.3 is 0 Å². The molecule has 1 heterocycles. The molecule has 0 saturated carbocycles. The largest absolute Gasteiger partial charge is 0.378 e. The summed E-state index contributed by atoms with van der Waals surface area (Å²) in [6, 6.07) is 17.1. The van der Waals surface area contributed by atoms with Gasteiger partial charge in [0.1, 0.15) is 5.82 Å². The molecule has 3 nitrogen and oxygen atoms in total. The lowest BCUT2D eigenvalue weighted by Crippen LogP contribution is -2.10. The van der Waals surface area contributed by atoms with Crippen LogP contribution in [0, 0.1) is 6.92 Å². The summed E-state index contributed by atoms with van der Waals surface area (Å²) in [7, 11) is 0. The molecule has 0 atom stereocenters. The van der Waals surface area contributed by atoms with Gasteiger partial charge in [-0.1, -0.05) is 24.3 Å². The number of aromatic nitrogens is 2. The number of hydrogen-bond donors (Lipinski definition) is 1. The molecule has 3 aromatic rings. The first-order valence-corrected chi connectivity index (χ1v) is 7.41. The van der Waals surface area contributed by atoms with Crippen molar-refractivity contribution < 1.29 is 0 Å². The van der Waals surface area contributed by atoms with E-state index < -0.39 is 0 Å². The zero-order valence-corrected chi connectivity index (χ0v) is 12.8. The van der Waals surface area contributed by atoms with E-state index in [0.717, 1.165) is 23.6 Å². The molecule has 3 heteroatoms.